The highest BCUT2D eigenvalue weighted by molar-refractivity contribution is 9.09. The van der Waals surface area contributed by atoms with Gasteiger partial charge in [0.2, 0.25) is 10.0 Å². The minimum absolute atomic E-state index is 0.235. The first kappa shape index (κ1) is 15.1. The number of nitro groups is 1. The predicted octanol–water partition coefficient (Wildman–Crippen LogP) is 1.97. The number of sulfonamides is 1. The number of hydrogen-bond donors (Lipinski definition) is 1. The summed E-state index contributed by atoms with van der Waals surface area (Å²) in [5.74, 6) is 0. The lowest BCUT2D eigenvalue weighted by Crippen LogP contribution is -2.26. The molecule has 0 atom stereocenters. The van der Waals surface area contributed by atoms with E-state index in [0.717, 1.165) is 0 Å². The van der Waals surface area contributed by atoms with Crippen molar-refractivity contribution >= 4 is 31.6 Å². The van der Waals surface area contributed by atoms with Gasteiger partial charge in [0.25, 0.3) is 5.69 Å². The SMILES string of the molecule is Cc1cccc([N+](=O)[O-])c1S(=O)(=O)NCCCBr. The van der Waals surface area contributed by atoms with Crippen molar-refractivity contribution in [3.8, 4) is 0 Å². The Morgan fingerprint density at radius 1 is 1.44 bits per heavy atom. The van der Waals surface area contributed by atoms with Crippen molar-refractivity contribution in [2.45, 2.75) is 18.2 Å². The fourth-order valence-corrected chi connectivity index (χ4v) is 3.22. The molecule has 1 aromatic carbocycles. The number of rotatable bonds is 6. The summed E-state index contributed by atoms with van der Waals surface area (Å²) in [7, 11) is -3.85. The van der Waals surface area contributed by atoms with Crippen LogP contribution in [0.15, 0.2) is 23.1 Å². The van der Waals surface area contributed by atoms with Crippen LogP contribution in [0.5, 0.6) is 0 Å². The highest BCUT2D eigenvalue weighted by Crippen LogP contribution is 2.26. The third-order valence-electron chi connectivity index (χ3n) is 2.26. The van der Waals surface area contributed by atoms with Crippen LogP contribution in [0, 0.1) is 17.0 Å². The topological polar surface area (TPSA) is 89.3 Å². The summed E-state index contributed by atoms with van der Waals surface area (Å²) in [5.41, 5.74) is -0.0446. The molecule has 0 bridgehead atoms. The summed E-state index contributed by atoms with van der Waals surface area (Å²) in [4.78, 5) is 9.91. The molecule has 0 aromatic heterocycles. The molecule has 1 rings (SSSR count). The Hall–Kier alpha value is -0.990. The van der Waals surface area contributed by atoms with Crippen LogP contribution in [0.2, 0.25) is 0 Å². The first-order valence-electron chi connectivity index (χ1n) is 5.20. The molecule has 100 valence electrons. The Kier molecular flexibility index (Phi) is 5.24. The predicted molar refractivity (Wildman–Crippen MR) is 71.4 cm³/mol. The number of hydrogen-bond acceptors (Lipinski definition) is 4. The van der Waals surface area contributed by atoms with E-state index in [0.29, 0.717) is 17.3 Å². The van der Waals surface area contributed by atoms with E-state index in [1.54, 1.807) is 0 Å². The van der Waals surface area contributed by atoms with E-state index in [4.69, 9.17) is 0 Å². The molecule has 6 nitrogen and oxygen atoms in total. The van der Waals surface area contributed by atoms with Crippen LogP contribution in [-0.2, 0) is 10.0 Å². The maximum Gasteiger partial charge on any atom is 0.289 e. The van der Waals surface area contributed by atoms with Gasteiger partial charge < -0.3 is 0 Å². The molecule has 8 heteroatoms. The number of nitrogens with one attached hydrogen (secondary N) is 1. The lowest BCUT2D eigenvalue weighted by Gasteiger charge is -2.09. The molecule has 0 unspecified atom stereocenters. The van der Waals surface area contributed by atoms with Gasteiger partial charge in [-0.3, -0.25) is 10.1 Å². The van der Waals surface area contributed by atoms with Gasteiger partial charge in [-0.1, -0.05) is 28.1 Å². The Balaban J connectivity index is 3.19. The van der Waals surface area contributed by atoms with Crippen molar-refractivity contribution in [2.75, 3.05) is 11.9 Å². The van der Waals surface area contributed by atoms with Crippen LogP contribution >= 0.6 is 15.9 Å². The maximum atomic E-state index is 12.0. The van der Waals surface area contributed by atoms with Crippen molar-refractivity contribution in [3.63, 3.8) is 0 Å². The monoisotopic (exact) mass is 336 g/mol. The molecule has 0 spiro atoms. The largest absolute Gasteiger partial charge is 0.289 e. The average Bonchev–Trinajstić information content (AvgIpc) is 2.28. The van der Waals surface area contributed by atoms with Crippen molar-refractivity contribution in [2.24, 2.45) is 0 Å². The fourth-order valence-electron chi connectivity index (χ4n) is 1.48. The number of halogens is 1. The second kappa shape index (κ2) is 6.26. The molecule has 0 amide bonds. The smallest absolute Gasteiger partial charge is 0.258 e. The Bertz CT molecular complexity index is 545. The van der Waals surface area contributed by atoms with Crippen molar-refractivity contribution in [1.82, 2.24) is 4.72 Å². The van der Waals surface area contributed by atoms with E-state index < -0.39 is 20.6 Å². The van der Waals surface area contributed by atoms with Gasteiger partial charge >= 0.3 is 0 Å². The lowest BCUT2D eigenvalue weighted by molar-refractivity contribution is -0.387. The summed E-state index contributed by atoms with van der Waals surface area (Å²) < 4.78 is 26.4. The van der Waals surface area contributed by atoms with Gasteiger partial charge in [0.15, 0.2) is 4.90 Å². The molecule has 0 aliphatic rings. The summed E-state index contributed by atoms with van der Waals surface area (Å²) >= 11 is 3.18. The van der Waals surface area contributed by atoms with Crippen molar-refractivity contribution < 1.29 is 13.3 Å². The van der Waals surface area contributed by atoms with Crippen molar-refractivity contribution in [3.05, 3.63) is 33.9 Å². The van der Waals surface area contributed by atoms with Gasteiger partial charge in [-0.05, 0) is 18.9 Å². The molecule has 1 aromatic rings. The summed E-state index contributed by atoms with van der Waals surface area (Å²) in [6.45, 7) is 1.77. The molecule has 0 aliphatic carbocycles. The molecule has 1 N–H and O–H groups in total. The van der Waals surface area contributed by atoms with E-state index in [1.807, 2.05) is 0 Å². The van der Waals surface area contributed by atoms with E-state index in [9.17, 15) is 18.5 Å². The molecule has 0 saturated carbocycles. The molecular formula is C10H13BrN2O4S. The van der Waals surface area contributed by atoms with Crippen LogP contribution in [0.4, 0.5) is 5.69 Å². The van der Waals surface area contributed by atoms with Crippen LogP contribution in [0.1, 0.15) is 12.0 Å². The molecule has 0 fully saturated rings. The average molecular weight is 337 g/mol. The van der Waals surface area contributed by atoms with Gasteiger partial charge in [0, 0.05) is 17.9 Å². The fraction of sp³-hybridized carbons (Fsp3) is 0.400. The number of nitrogens with zero attached hydrogens (tertiary/aromatic N) is 1. The third kappa shape index (κ3) is 3.50. The zero-order chi connectivity index (χ0) is 13.8. The normalized spacial score (nSPS) is 11.4. The van der Waals surface area contributed by atoms with Gasteiger partial charge in [-0.15, -0.1) is 0 Å². The van der Waals surface area contributed by atoms with E-state index in [2.05, 4.69) is 20.7 Å². The van der Waals surface area contributed by atoms with Gasteiger partial charge in [-0.25, -0.2) is 13.1 Å². The highest BCUT2D eigenvalue weighted by atomic mass is 79.9. The third-order valence-corrected chi connectivity index (χ3v) is 4.47. The van der Waals surface area contributed by atoms with Crippen molar-refractivity contribution in [1.29, 1.82) is 0 Å². The van der Waals surface area contributed by atoms with E-state index in [1.165, 1.54) is 25.1 Å². The lowest BCUT2D eigenvalue weighted by atomic mass is 10.2. The van der Waals surface area contributed by atoms with Gasteiger partial charge in [0.1, 0.15) is 0 Å². The number of aryl methyl sites for hydroxylation is 1. The molecule has 0 saturated heterocycles. The summed E-state index contributed by atoms with van der Waals surface area (Å²) in [5, 5.41) is 11.5. The second-order valence-corrected chi connectivity index (χ2v) is 6.12. The number of benzene rings is 1. The number of alkyl halides is 1. The summed E-state index contributed by atoms with van der Waals surface area (Å²) in [6, 6.07) is 4.18. The Morgan fingerprint density at radius 2 is 2.11 bits per heavy atom. The quantitative estimate of drug-likeness (QED) is 0.372. The zero-order valence-corrected chi connectivity index (χ0v) is 12.1. The van der Waals surface area contributed by atoms with Crippen LogP contribution in [0.3, 0.4) is 0 Å². The molecule has 18 heavy (non-hydrogen) atoms. The number of nitro benzene ring substituents is 1. The van der Waals surface area contributed by atoms with Gasteiger partial charge in [0.05, 0.1) is 4.92 Å². The maximum absolute atomic E-state index is 12.0. The molecular weight excluding hydrogens is 324 g/mol. The second-order valence-electron chi connectivity index (χ2n) is 3.62. The Morgan fingerprint density at radius 3 is 2.67 bits per heavy atom. The first-order chi connectivity index (χ1) is 8.40. The molecule has 0 heterocycles. The minimum atomic E-state index is -3.85. The molecule has 0 aliphatic heterocycles. The Labute approximate surface area is 114 Å². The van der Waals surface area contributed by atoms with E-state index in [-0.39, 0.29) is 11.4 Å². The first-order valence-corrected chi connectivity index (χ1v) is 7.80. The van der Waals surface area contributed by atoms with Gasteiger partial charge in [-0.2, -0.15) is 0 Å². The van der Waals surface area contributed by atoms with Crippen LogP contribution < -0.4 is 4.72 Å². The standard InChI is InChI=1S/C10H13BrN2O4S/c1-8-4-2-5-9(13(14)15)10(8)18(16,17)12-7-3-6-11/h2,4-5,12H,3,6-7H2,1H3. The summed E-state index contributed by atoms with van der Waals surface area (Å²) in [6.07, 6.45) is 0.610. The highest BCUT2D eigenvalue weighted by Gasteiger charge is 2.27. The molecule has 0 radical (unpaired) electrons. The zero-order valence-electron chi connectivity index (χ0n) is 9.72. The van der Waals surface area contributed by atoms with Crippen LogP contribution in [-0.4, -0.2) is 25.2 Å². The van der Waals surface area contributed by atoms with E-state index >= 15 is 0 Å². The van der Waals surface area contributed by atoms with Crippen LogP contribution in [0.25, 0.3) is 0 Å². The minimum Gasteiger partial charge on any atom is -0.258 e.